The van der Waals surface area contributed by atoms with E-state index in [2.05, 4.69) is 34.2 Å². The highest BCUT2D eigenvalue weighted by Crippen LogP contribution is 2.40. The smallest absolute Gasteiger partial charge is 0.161 e. The molecule has 1 aromatic carbocycles. The summed E-state index contributed by atoms with van der Waals surface area (Å²) in [5.74, 6) is 2.43. The van der Waals surface area contributed by atoms with Gasteiger partial charge < -0.3 is 14.8 Å². The highest BCUT2D eigenvalue weighted by Gasteiger charge is 2.25. The number of hydrogen-bond donors (Lipinski definition) is 1. The topological polar surface area (TPSA) is 30.5 Å². The van der Waals surface area contributed by atoms with Gasteiger partial charge in [-0.2, -0.15) is 0 Å². The molecule has 1 unspecified atom stereocenters. The van der Waals surface area contributed by atoms with E-state index in [9.17, 15) is 0 Å². The minimum absolute atomic E-state index is 0.379. The van der Waals surface area contributed by atoms with Gasteiger partial charge in [0, 0.05) is 10.5 Å². The van der Waals surface area contributed by atoms with E-state index >= 15 is 0 Å². The molecule has 1 atom stereocenters. The van der Waals surface area contributed by atoms with Gasteiger partial charge in [0.1, 0.15) is 0 Å². The Morgan fingerprint density at radius 1 is 1.24 bits per heavy atom. The molecule has 4 heteroatoms. The molecule has 0 radical (unpaired) electrons. The molecule has 3 nitrogen and oxygen atoms in total. The predicted octanol–water partition coefficient (Wildman–Crippen LogP) is 4.70. The van der Waals surface area contributed by atoms with Crippen LogP contribution in [0.15, 0.2) is 16.6 Å². The molecule has 118 valence electrons. The van der Waals surface area contributed by atoms with Crippen molar-refractivity contribution in [3.05, 3.63) is 22.2 Å². The van der Waals surface area contributed by atoms with Crippen molar-refractivity contribution >= 4 is 15.9 Å². The monoisotopic (exact) mass is 355 g/mol. The molecule has 0 bridgehead atoms. The summed E-state index contributed by atoms with van der Waals surface area (Å²) in [6.45, 7) is 3.25. The lowest BCUT2D eigenvalue weighted by Crippen LogP contribution is -2.27. The van der Waals surface area contributed by atoms with Gasteiger partial charge in [0.15, 0.2) is 11.5 Å². The second kappa shape index (κ2) is 8.04. The Labute approximate surface area is 136 Å². The lowest BCUT2D eigenvalue weighted by atomic mass is 9.79. The van der Waals surface area contributed by atoms with Crippen molar-refractivity contribution in [1.82, 2.24) is 5.32 Å². The Balaban J connectivity index is 2.23. The Kier molecular flexibility index (Phi) is 6.37. The molecule has 1 aliphatic rings. The van der Waals surface area contributed by atoms with Crippen LogP contribution in [0, 0.1) is 5.92 Å². The van der Waals surface area contributed by atoms with Gasteiger partial charge in [0.25, 0.3) is 0 Å². The average molecular weight is 356 g/mol. The highest BCUT2D eigenvalue weighted by molar-refractivity contribution is 9.10. The van der Waals surface area contributed by atoms with Crippen LogP contribution < -0.4 is 14.8 Å². The van der Waals surface area contributed by atoms with Crippen molar-refractivity contribution in [2.75, 3.05) is 20.8 Å². The molecule has 0 saturated heterocycles. The zero-order valence-corrected chi connectivity index (χ0v) is 14.8. The molecule has 0 amide bonds. The number of rotatable bonds is 8. The number of hydrogen-bond acceptors (Lipinski definition) is 3. The van der Waals surface area contributed by atoms with Crippen LogP contribution >= 0.6 is 15.9 Å². The lowest BCUT2D eigenvalue weighted by Gasteiger charge is -2.31. The quantitative estimate of drug-likeness (QED) is 0.733. The molecule has 1 aliphatic carbocycles. The zero-order valence-electron chi connectivity index (χ0n) is 13.2. The van der Waals surface area contributed by atoms with Gasteiger partial charge in [0.05, 0.1) is 14.2 Å². The standard InChI is InChI=1S/C17H26BrNO2/c1-4-8-19-15(9-12-6-5-7-12)13-10-16(20-2)17(21-3)11-14(13)18/h10-12,15,19H,4-9H2,1-3H3. The van der Waals surface area contributed by atoms with Crippen molar-refractivity contribution in [2.45, 2.75) is 45.1 Å². The molecule has 0 spiro atoms. The number of halogens is 1. The summed E-state index contributed by atoms with van der Waals surface area (Å²) in [5.41, 5.74) is 1.27. The van der Waals surface area contributed by atoms with E-state index < -0.39 is 0 Å². The van der Waals surface area contributed by atoms with Crippen molar-refractivity contribution in [3.63, 3.8) is 0 Å². The SMILES string of the molecule is CCCNC(CC1CCC1)c1cc(OC)c(OC)cc1Br. The fourth-order valence-corrected chi connectivity index (χ4v) is 3.44. The molecule has 21 heavy (non-hydrogen) atoms. The molecule has 2 rings (SSSR count). The molecule has 1 saturated carbocycles. The van der Waals surface area contributed by atoms with Crippen molar-refractivity contribution in [2.24, 2.45) is 5.92 Å². The predicted molar refractivity (Wildman–Crippen MR) is 90.2 cm³/mol. The highest BCUT2D eigenvalue weighted by atomic mass is 79.9. The molecule has 1 N–H and O–H groups in total. The Hall–Kier alpha value is -0.740. The average Bonchev–Trinajstić information content (AvgIpc) is 2.45. The van der Waals surface area contributed by atoms with Gasteiger partial charge in [-0.3, -0.25) is 0 Å². The van der Waals surface area contributed by atoms with E-state index in [1.54, 1.807) is 14.2 Å². The van der Waals surface area contributed by atoms with Crippen LogP contribution in [0.2, 0.25) is 0 Å². The van der Waals surface area contributed by atoms with Gasteiger partial charge in [0.2, 0.25) is 0 Å². The first kappa shape index (κ1) is 16.6. The Morgan fingerprint density at radius 3 is 2.43 bits per heavy atom. The van der Waals surface area contributed by atoms with Crippen LogP contribution in [-0.4, -0.2) is 20.8 Å². The summed E-state index contributed by atoms with van der Waals surface area (Å²) in [6.07, 6.45) is 6.48. The molecule has 0 aliphatic heterocycles. The number of benzene rings is 1. The van der Waals surface area contributed by atoms with Crippen molar-refractivity contribution < 1.29 is 9.47 Å². The van der Waals surface area contributed by atoms with Crippen LogP contribution in [-0.2, 0) is 0 Å². The summed E-state index contributed by atoms with van der Waals surface area (Å²) >= 11 is 3.70. The number of methoxy groups -OCH3 is 2. The Morgan fingerprint density at radius 2 is 1.90 bits per heavy atom. The molecular weight excluding hydrogens is 330 g/mol. The Bertz CT molecular complexity index is 460. The zero-order chi connectivity index (χ0) is 15.2. The van der Waals surface area contributed by atoms with Crippen molar-refractivity contribution in [3.8, 4) is 11.5 Å². The van der Waals surface area contributed by atoms with Crippen LogP contribution in [0.25, 0.3) is 0 Å². The summed E-state index contributed by atoms with van der Waals surface area (Å²) in [5, 5.41) is 3.69. The second-order valence-electron chi connectivity index (χ2n) is 5.77. The molecule has 1 fully saturated rings. The van der Waals surface area contributed by atoms with E-state index in [0.717, 1.165) is 34.9 Å². The van der Waals surface area contributed by atoms with Crippen molar-refractivity contribution in [1.29, 1.82) is 0 Å². The van der Waals surface area contributed by atoms with E-state index in [1.807, 2.05) is 6.07 Å². The van der Waals surface area contributed by atoms with Crippen LogP contribution in [0.1, 0.15) is 50.6 Å². The number of ether oxygens (including phenoxy) is 2. The van der Waals surface area contributed by atoms with E-state index in [1.165, 1.54) is 31.2 Å². The van der Waals surface area contributed by atoms with E-state index in [0.29, 0.717) is 6.04 Å². The first-order valence-electron chi connectivity index (χ1n) is 7.84. The molecule has 0 aromatic heterocycles. The van der Waals surface area contributed by atoms with E-state index in [-0.39, 0.29) is 0 Å². The fourth-order valence-electron chi connectivity index (χ4n) is 2.84. The van der Waals surface area contributed by atoms with Gasteiger partial charge in [-0.25, -0.2) is 0 Å². The fraction of sp³-hybridized carbons (Fsp3) is 0.647. The van der Waals surface area contributed by atoms with Gasteiger partial charge in [-0.15, -0.1) is 0 Å². The van der Waals surface area contributed by atoms with Crippen LogP contribution in [0.5, 0.6) is 11.5 Å². The maximum Gasteiger partial charge on any atom is 0.161 e. The third-order valence-corrected chi connectivity index (χ3v) is 5.00. The maximum absolute atomic E-state index is 5.46. The minimum atomic E-state index is 0.379. The second-order valence-corrected chi connectivity index (χ2v) is 6.62. The third-order valence-electron chi connectivity index (χ3n) is 4.31. The summed E-state index contributed by atoms with van der Waals surface area (Å²) in [4.78, 5) is 0. The lowest BCUT2D eigenvalue weighted by molar-refractivity contribution is 0.260. The normalized spacial score (nSPS) is 16.4. The van der Waals surface area contributed by atoms with Crippen LogP contribution in [0.3, 0.4) is 0 Å². The summed E-state index contributed by atoms with van der Waals surface area (Å²) < 4.78 is 11.9. The molecule has 1 aromatic rings. The minimum Gasteiger partial charge on any atom is -0.493 e. The summed E-state index contributed by atoms with van der Waals surface area (Å²) in [6, 6.07) is 4.49. The molecular formula is C17H26BrNO2. The van der Waals surface area contributed by atoms with Crippen LogP contribution in [0.4, 0.5) is 0 Å². The van der Waals surface area contributed by atoms with E-state index in [4.69, 9.17) is 9.47 Å². The number of nitrogens with one attached hydrogen (secondary N) is 1. The first-order valence-corrected chi connectivity index (χ1v) is 8.63. The first-order chi connectivity index (χ1) is 10.2. The largest absolute Gasteiger partial charge is 0.493 e. The third kappa shape index (κ3) is 4.13. The van der Waals surface area contributed by atoms with Gasteiger partial charge in [-0.1, -0.05) is 42.1 Å². The summed E-state index contributed by atoms with van der Waals surface area (Å²) in [7, 11) is 3.36. The van der Waals surface area contributed by atoms with Gasteiger partial charge >= 0.3 is 0 Å². The maximum atomic E-state index is 5.46. The van der Waals surface area contributed by atoms with Gasteiger partial charge in [-0.05, 0) is 43.0 Å². The molecule has 0 heterocycles.